The van der Waals surface area contributed by atoms with Gasteiger partial charge in [0.15, 0.2) is 0 Å². The smallest absolute Gasteiger partial charge is 0.262 e. The van der Waals surface area contributed by atoms with Crippen molar-refractivity contribution in [2.45, 2.75) is 43.5 Å². The fourth-order valence-electron chi connectivity index (χ4n) is 5.38. The molecule has 4 aromatic rings. The molecule has 4 aromatic carbocycles. The molecule has 2 amide bonds. The molecule has 0 aliphatic carbocycles. The van der Waals surface area contributed by atoms with E-state index in [1.165, 1.54) is 11.6 Å². The Balaban J connectivity index is 1.31. The molecule has 5 rings (SSSR count). The van der Waals surface area contributed by atoms with E-state index in [0.29, 0.717) is 24.9 Å². The quantitative estimate of drug-likeness (QED) is 0.180. The highest BCUT2D eigenvalue weighted by Crippen LogP contribution is 2.25. The molecule has 2 atom stereocenters. The van der Waals surface area contributed by atoms with Crippen molar-refractivity contribution in [2.24, 2.45) is 0 Å². The number of carbonyl (C=O) groups is 2. The van der Waals surface area contributed by atoms with Crippen LogP contribution in [0.25, 0.3) is 0 Å². The summed E-state index contributed by atoms with van der Waals surface area (Å²) < 4.78 is 29.1. The average molecular weight is 623 g/mol. The molecule has 1 aliphatic rings. The third kappa shape index (κ3) is 9.63. The number of carbonyl (C=O) groups excluding carboxylic acids is 2. The van der Waals surface area contributed by atoms with Crippen LogP contribution >= 0.6 is 0 Å². The first-order valence-corrected chi connectivity index (χ1v) is 16.8. The molecule has 1 heterocycles. The van der Waals surface area contributed by atoms with E-state index in [0.717, 1.165) is 23.2 Å². The van der Waals surface area contributed by atoms with Gasteiger partial charge in [-0.3, -0.25) is 20.0 Å². The minimum absolute atomic E-state index is 0.171. The van der Waals surface area contributed by atoms with Gasteiger partial charge in [-0.25, -0.2) is 13.1 Å². The summed E-state index contributed by atoms with van der Waals surface area (Å²) in [5, 5.41) is 4.84. The lowest BCUT2D eigenvalue weighted by molar-refractivity contribution is -0.123. The van der Waals surface area contributed by atoms with Gasteiger partial charge in [0.05, 0.1) is 11.4 Å². The minimum atomic E-state index is -3.85. The maximum atomic E-state index is 13.8. The van der Waals surface area contributed by atoms with Crippen LogP contribution in [0.4, 0.5) is 5.69 Å². The zero-order chi connectivity index (χ0) is 31.5. The molecule has 0 bridgehead atoms. The van der Waals surface area contributed by atoms with Crippen molar-refractivity contribution in [3.63, 3.8) is 0 Å². The summed E-state index contributed by atoms with van der Waals surface area (Å²) in [5.41, 5.74) is 7.61. The molecule has 0 radical (unpaired) electrons. The lowest BCUT2D eigenvalue weighted by atomic mass is 10.0. The Bertz CT molecular complexity index is 1700. The Labute approximate surface area is 265 Å². The molecule has 0 fully saturated rings. The highest BCUT2D eigenvalue weighted by Gasteiger charge is 2.27. The maximum absolute atomic E-state index is 13.8. The number of hydrogen-bond acceptors (Lipinski definition) is 5. The number of benzene rings is 4. The van der Waals surface area contributed by atoms with E-state index in [4.69, 9.17) is 0 Å². The van der Waals surface area contributed by atoms with E-state index < -0.39 is 28.0 Å². The fraction of sp³-hybridized carbons (Fsp3) is 0.222. The Hall–Kier alpha value is -4.73. The summed E-state index contributed by atoms with van der Waals surface area (Å²) in [6, 6.07) is 34.4. The molecule has 45 heavy (non-hydrogen) atoms. The number of rotatable bonds is 14. The first kappa shape index (κ1) is 31.7. The molecule has 2 unspecified atom stereocenters. The van der Waals surface area contributed by atoms with E-state index in [1.54, 1.807) is 30.3 Å². The Kier molecular flexibility index (Phi) is 10.8. The van der Waals surface area contributed by atoms with Gasteiger partial charge in [-0.15, -0.1) is 0 Å². The van der Waals surface area contributed by atoms with Gasteiger partial charge < -0.3 is 5.32 Å². The summed E-state index contributed by atoms with van der Waals surface area (Å²) in [7, 11) is -3.85. The molecule has 9 heteroatoms. The highest BCUT2D eigenvalue weighted by molar-refractivity contribution is 7.88. The zero-order valence-electron chi connectivity index (χ0n) is 25.0. The van der Waals surface area contributed by atoms with Gasteiger partial charge in [-0.2, -0.15) is 0 Å². The number of amides is 2. The van der Waals surface area contributed by atoms with Crippen LogP contribution in [0, 0.1) is 0 Å². The monoisotopic (exact) mass is 622 g/mol. The lowest BCUT2D eigenvalue weighted by Crippen LogP contribution is -2.50. The number of hydrazine groups is 1. The number of para-hydroxylation sites is 1. The van der Waals surface area contributed by atoms with Crippen molar-refractivity contribution in [1.82, 2.24) is 15.5 Å². The second-order valence-electron chi connectivity index (χ2n) is 11.1. The fourth-order valence-corrected chi connectivity index (χ4v) is 6.72. The maximum Gasteiger partial charge on any atom is 0.262 e. The van der Waals surface area contributed by atoms with Gasteiger partial charge in [0.25, 0.3) is 5.91 Å². The van der Waals surface area contributed by atoms with E-state index >= 15 is 0 Å². The van der Waals surface area contributed by atoms with Crippen LogP contribution in [0.1, 0.15) is 28.7 Å². The van der Waals surface area contributed by atoms with Crippen molar-refractivity contribution < 1.29 is 18.0 Å². The molecule has 3 N–H and O–H groups in total. The van der Waals surface area contributed by atoms with Gasteiger partial charge in [0.1, 0.15) is 6.04 Å². The van der Waals surface area contributed by atoms with Crippen molar-refractivity contribution in [1.29, 1.82) is 0 Å². The number of nitrogens with zero attached hydrogens (tertiary/aromatic N) is 1. The number of aryl methyl sites for hydroxylation is 1. The summed E-state index contributed by atoms with van der Waals surface area (Å²) >= 11 is 0. The van der Waals surface area contributed by atoms with Crippen molar-refractivity contribution in [3.8, 4) is 0 Å². The Morgan fingerprint density at radius 3 is 2.07 bits per heavy atom. The summed E-state index contributed by atoms with van der Waals surface area (Å²) in [5.74, 6) is -1.02. The normalized spacial score (nSPS) is 14.1. The van der Waals surface area contributed by atoms with Gasteiger partial charge in [0, 0.05) is 18.7 Å². The van der Waals surface area contributed by atoms with Crippen LogP contribution < -0.4 is 20.5 Å². The SMILES string of the molecule is O=C(/C=C/C(CCc1ccccc1)NC(=O)C(Cc1ccccc1)NS(=O)(=O)Cc1ccccc1)NN1CCc2ccccc21. The third-order valence-corrected chi connectivity index (χ3v) is 9.00. The van der Waals surface area contributed by atoms with Crippen LogP contribution in [-0.4, -0.2) is 38.9 Å². The molecule has 0 saturated carbocycles. The summed E-state index contributed by atoms with van der Waals surface area (Å²) in [6.45, 7) is 0.678. The summed E-state index contributed by atoms with van der Waals surface area (Å²) in [4.78, 5) is 26.7. The van der Waals surface area contributed by atoms with Gasteiger partial charge in [-0.1, -0.05) is 115 Å². The van der Waals surface area contributed by atoms with Crippen LogP contribution in [0.2, 0.25) is 0 Å². The molecule has 0 spiro atoms. The molecule has 1 aliphatic heterocycles. The second kappa shape index (κ2) is 15.3. The van der Waals surface area contributed by atoms with Gasteiger partial charge in [0.2, 0.25) is 15.9 Å². The predicted octanol–water partition coefficient (Wildman–Crippen LogP) is 4.49. The van der Waals surface area contributed by atoms with Crippen molar-refractivity contribution >= 4 is 27.5 Å². The minimum Gasteiger partial charge on any atom is -0.348 e. The van der Waals surface area contributed by atoms with Crippen molar-refractivity contribution in [3.05, 3.63) is 150 Å². The van der Waals surface area contributed by atoms with Gasteiger partial charge in [-0.05, 0) is 54.0 Å². The number of anilines is 1. The second-order valence-corrected chi connectivity index (χ2v) is 12.9. The highest BCUT2D eigenvalue weighted by atomic mass is 32.2. The van der Waals surface area contributed by atoms with Crippen molar-refractivity contribution in [2.75, 3.05) is 11.6 Å². The number of fused-ring (bicyclic) bond motifs is 1. The zero-order valence-corrected chi connectivity index (χ0v) is 25.8. The molecule has 0 aromatic heterocycles. The van der Waals surface area contributed by atoms with Gasteiger partial charge >= 0.3 is 0 Å². The number of sulfonamides is 1. The van der Waals surface area contributed by atoms with E-state index in [9.17, 15) is 18.0 Å². The number of hydrogen-bond donors (Lipinski definition) is 3. The Morgan fingerprint density at radius 1 is 0.778 bits per heavy atom. The molecule has 8 nitrogen and oxygen atoms in total. The van der Waals surface area contributed by atoms with E-state index in [2.05, 4.69) is 15.5 Å². The van der Waals surface area contributed by atoms with Crippen LogP contribution in [0.3, 0.4) is 0 Å². The van der Waals surface area contributed by atoms with Crippen LogP contribution in [0.15, 0.2) is 127 Å². The number of nitrogens with one attached hydrogen (secondary N) is 3. The van der Waals surface area contributed by atoms with E-state index in [-0.39, 0.29) is 18.1 Å². The average Bonchev–Trinajstić information content (AvgIpc) is 3.45. The predicted molar refractivity (Wildman–Crippen MR) is 178 cm³/mol. The molecular weight excluding hydrogens is 584 g/mol. The largest absolute Gasteiger partial charge is 0.348 e. The van der Waals surface area contributed by atoms with Crippen LogP contribution in [0.5, 0.6) is 0 Å². The first-order valence-electron chi connectivity index (χ1n) is 15.1. The van der Waals surface area contributed by atoms with E-state index in [1.807, 2.05) is 96.0 Å². The summed E-state index contributed by atoms with van der Waals surface area (Å²) in [6.07, 6.45) is 5.30. The topological polar surface area (TPSA) is 108 Å². The molecule has 232 valence electrons. The standard InChI is InChI=1S/C36H38N4O4S/c41-35(38-40-25-24-31-18-10-11-19-34(31)40)23-22-32(21-20-28-12-4-1-5-13-28)37-36(42)33(26-29-14-6-2-7-15-29)39-45(43,44)27-30-16-8-3-9-17-30/h1-19,22-23,32-33,39H,20-21,24-27H2,(H,37,42)(H,38,41)/b23-22+. The Morgan fingerprint density at radius 2 is 1.38 bits per heavy atom. The molecular formula is C36H38N4O4S. The molecule has 0 saturated heterocycles. The van der Waals surface area contributed by atoms with Crippen LogP contribution in [-0.2, 0) is 44.6 Å². The third-order valence-electron chi connectivity index (χ3n) is 7.65. The lowest BCUT2D eigenvalue weighted by Gasteiger charge is -2.23. The first-order chi connectivity index (χ1) is 21.8.